The Labute approximate surface area is 197 Å². The van der Waals surface area contributed by atoms with Crippen LogP contribution < -0.4 is 0 Å². The zero-order valence-electron chi connectivity index (χ0n) is 18.2. The molecule has 2 saturated heterocycles. The Bertz CT molecular complexity index is 1130. The summed E-state index contributed by atoms with van der Waals surface area (Å²) in [6.07, 6.45) is 2.01. The quantitative estimate of drug-likeness (QED) is 0.254. The fourth-order valence-corrected chi connectivity index (χ4v) is 9.78. The van der Waals surface area contributed by atoms with E-state index in [1.165, 1.54) is 12.2 Å². The number of carbonyl (C=O) groups is 2. The Morgan fingerprint density at radius 1 is 0.914 bits per heavy atom. The highest BCUT2D eigenvalue weighted by molar-refractivity contribution is 7.87. The molecule has 3 aliphatic heterocycles. The van der Waals surface area contributed by atoms with Crippen LogP contribution in [0.4, 0.5) is 17.6 Å². The largest absolute Gasteiger partial charge is 0.433 e. The Hall–Kier alpha value is -1.57. The van der Waals surface area contributed by atoms with E-state index in [1.54, 1.807) is 0 Å². The number of alkyl halides is 4. The van der Waals surface area contributed by atoms with Gasteiger partial charge in [0.2, 0.25) is 0 Å². The lowest BCUT2D eigenvalue weighted by atomic mass is 9.65. The van der Waals surface area contributed by atoms with Crippen molar-refractivity contribution in [1.82, 2.24) is 5.06 Å². The van der Waals surface area contributed by atoms with E-state index in [-0.39, 0.29) is 41.1 Å². The number of fused-ring (bicyclic) bond motifs is 14. The molecule has 12 atom stereocenters. The fraction of sp³-hybridized carbons (Fsp3) is 0.818. The van der Waals surface area contributed by atoms with E-state index in [2.05, 4.69) is 4.28 Å². The predicted molar refractivity (Wildman–Crippen MR) is 105 cm³/mol. The number of aliphatic hydroxyl groups is 1. The summed E-state index contributed by atoms with van der Waals surface area (Å²) in [4.78, 5) is 25.2. The van der Waals surface area contributed by atoms with Crippen LogP contribution in [0.15, 0.2) is 12.2 Å². The fourth-order valence-electron chi connectivity index (χ4n) is 8.86. The molecule has 7 aliphatic rings. The van der Waals surface area contributed by atoms with Crippen LogP contribution in [0.25, 0.3) is 0 Å². The lowest BCUT2D eigenvalue weighted by Crippen LogP contribution is -2.56. The average Bonchev–Trinajstić information content (AvgIpc) is 3.61. The number of aliphatic hydroxyl groups excluding tert-OH is 1. The first-order chi connectivity index (χ1) is 16.3. The predicted octanol–water partition coefficient (Wildman–Crippen LogP) is 1.70. The molecule has 0 radical (unpaired) electrons. The number of halogens is 4. The zero-order valence-corrected chi connectivity index (χ0v) is 19.0. The molecule has 2 amide bonds. The molecule has 0 aromatic rings. The Morgan fingerprint density at radius 3 is 2.11 bits per heavy atom. The number of amides is 2. The second kappa shape index (κ2) is 6.65. The van der Waals surface area contributed by atoms with Gasteiger partial charge < -0.3 is 9.84 Å². The number of hydroxylamine groups is 2. The molecule has 35 heavy (non-hydrogen) atoms. The molecule has 0 aromatic carbocycles. The summed E-state index contributed by atoms with van der Waals surface area (Å²) in [7, 11) is -6.42. The first-order valence-electron chi connectivity index (χ1n) is 11.9. The van der Waals surface area contributed by atoms with Gasteiger partial charge in [0.15, 0.2) is 0 Å². The standard InChI is InChI=1S/C22H23F4NO7S/c23-21(24,11-5-7-3-9(11)16-10-4-8(15(7)16)6-12(10)28)22(25,26)35(31,32)34-27-19(29)17-13-1-2-14(33-13)18(17)20(27)30/h1-2,7-18,28H,3-6H2. The van der Waals surface area contributed by atoms with Crippen LogP contribution in [0.2, 0.25) is 0 Å². The third-order valence-electron chi connectivity index (χ3n) is 9.99. The molecular formula is C22H23F4NO7S. The average molecular weight is 521 g/mol. The summed E-state index contributed by atoms with van der Waals surface area (Å²) in [5.74, 6) is -12.9. The molecule has 6 bridgehead atoms. The maximum Gasteiger partial charge on any atom is 0.433 e. The van der Waals surface area contributed by atoms with Gasteiger partial charge in [0.05, 0.1) is 30.1 Å². The molecule has 1 N–H and O–H groups in total. The highest BCUT2D eigenvalue weighted by atomic mass is 32.2. The van der Waals surface area contributed by atoms with Crippen molar-refractivity contribution >= 4 is 21.9 Å². The highest BCUT2D eigenvalue weighted by Gasteiger charge is 2.77. The van der Waals surface area contributed by atoms with Crippen molar-refractivity contribution in [3.63, 3.8) is 0 Å². The summed E-state index contributed by atoms with van der Waals surface area (Å²) in [6, 6.07) is 0. The van der Waals surface area contributed by atoms with Gasteiger partial charge in [-0.05, 0) is 61.2 Å². The van der Waals surface area contributed by atoms with Gasteiger partial charge in [0, 0.05) is 5.92 Å². The molecule has 192 valence electrons. The number of hydrogen-bond acceptors (Lipinski definition) is 7. The van der Waals surface area contributed by atoms with Gasteiger partial charge in [-0.3, -0.25) is 9.59 Å². The second-order valence-electron chi connectivity index (χ2n) is 11.3. The van der Waals surface area contributed by atoms with E-state index in [0.717, 1.165) is 0 Å². The maximum absolute atomic E-state index is 15.4. The van der Waals surface area contributed by atoms with Gasteiger partial charge in [0.1, 0.15) is 0 Å². The van der Waals surface area contributed by atoms with Crippen molar-refractivity contribution in [1.29, 1.82) is 0 Å². The molecular weight excluding hydrogens is 498 g/mol. The Kier molecular flexibility index (Phi) is 4.29. The molecule has 3 heterocycles. The minimum Gasteiger partial charge on any atom is -0.393 e. The summed E-state index contributed by atoms with van der Waals surface area (Å²) < 4.78 is 95.7. The number of nitrogens with zero attached hydrogens (tertiary/aromatic N) is 1. The summed E-state index contributed by atoms with van der Waals surface area (Å²) in [5.41, 5.74) is 0. The summed E-state index contributed by atoms with van der Waals surface area (Å²) in [5, 5.41) is 4.27. The van der Waals surface area contributed by atoms with Crippen LogP contribution in [0.5, 0.6) is 0 Å². The first-order valence-corrected chi connectivity index (χ1v) is 13.4. The minimum absolute atomic E-state index is 0.104. The van der Waals surface area contributed by atoms with Gasteiger partial charge in [-0.25, -0.2) is 0 Å². The van der Waals surface area contributed by atoms with Gasteiger partial charge in [0.25, 0.3) is 11.8 Å². The number of ether oxygens (including phenoxy) is 1. The van der Waals surface area contributed by atoms with Crippen molar-refractivity contribution in [2.45, 2.75) is 55.2 Å². The molecule has 13 heteroatoms. The van der Waals surface area contributed by atoms with E-state index < -0.39 is 75.1 Å². The Balaban J connectivity index is 1.14. The molecule has 6 fully saturated rings. The Morgan fingerprint density at radius 2 is 1.49 bits per heavy atom. The zero-order chi connectivity index (χ0) is 24.8. The third-order valence-corrected chi connectivity index (χ3v) is 11.2. The van der Waals surface area contributed by atoms with Crippen LogP contribution in [-0.4, -0.2) is 59.9 Å². The normalized spacial score (nSPS) is 49.6. The van der Waals surface area contributed by atoms with Crippen molar-refractivity contribution in [2.24, 2.45) is 53.3 Å². The van der Waals surface area contributed by atoms with Crippen LogP contribution in [0.3, 0.4) is 0 Å². The van der Waals surface area contributed by atoms with Gasteiger partial charge >= 0.3 is 21.3 Å². The third kappa shape index (κ3) is 2.55. The van der Waals surface area contributed by atoms with E-state index >= 15 is 17.6 Å². The smallest absolute Gasteiger partial charge is 0.393 e. The molecule has 0 aromatic heterocycles. The molecule has 0 spiro atoms. The lowest BCUT2D eigenvalue weighted by molar-refractivity contribution is -0.216. The van der Waals surface area contributed by atoms with Crippen LogP contribution in [0, 0.1) is 53.3 Å². The first kappa shape index (κ1) is 22.6. The molecule has 7 rings (SSSR count). The van der Waals surface area contributed by atoms with Crippen molar-refractivity contribution in [2.75, 3.05) is 0 Å². The molecule has 4 aliphatic carbocycles. The monoisotopic (exact) mass is 521 g/mol. The van der Waals surface area contributed by atoms with E-state index in [0.29, 0.717) is 19.3 Å². The van der Waals surface area contributed by atoms with E-state index in [4.69, 9.17) is 4.74 Å². The second-order valence-corrected chi connectivity index (χ2v) is 12.8. The van der Waals surface area contributed by atoms with Crippen molar-refractivity contribution in [3.8, 4) is 0 Å². The summed E-state index contributed by atoms with van der Waals surface area (Å²) >= 11 is 0. The van der Waals surface area contributed by atoms with Gasteiger partial charge in [-0.1, -0.05) is 12.2 Å². The van der Waals surface area contributed by atoms with Gasteiger partial charge in [-0.2, -0.15) is 26.0 Å². The lowest BCUT2D eigenvalue weighted by Gasteiger charge is -2.43. The molecule has 8 nitrogen and oxygen atoms in total. The van der Waals surface area contributed by atoms with Crippen molar-refractivity contribution < 1.29 is 49.7 Å². The maximum atomic E-state index is 15.4. The van der Waals surface area contributed by atoms with Crippen LogP contribution in [0.1, 0.15) is 25.7 Å². The number of imide groups is 1. The van der Waals surface area contributed by atoms with Gasteiger partial charge in [-0.15, -0.1) is 9.35 Å². The van der Waals surface area contributed by atoms with Crippen LogP contribution >= 0.6 is 0 Å². The number of carbonyl (C=O) groups excluding carboxylic acids is 2. The highest BCUT2D eigenvalue weighted by Crippen LogP contribution is 2.71. The summed E-state index contributed by atoms with van der Waals surface area (Å²) in [6.45, 7) is 0. The molecule has 12 unspecified atom stereocenters. The van der Waals surface area contributed by atoms with E-state index in [1.807, 2.05) is 0 Å². The number of hydrogen-bond donors (Lipinski definition) is 1. The van der Waals surface area contributed by atoms with E-state index in [9.17, 15) is 23.1 Å². The topological polar surface area (TPSA) is 110 Å². The van der Waals surface area contributed by atoms with Crippen LogP contribution in [-0.2, 0) is 28.7 Å². The minimum atomic E-state index is -6.42. The number of rotatable bonds is 5. The van der Waals surface area contributed by atoms with Crippen molar-refractivity contribution in [3.05, 3.63) is 12.2 Å². The SMILES string of the molecule is O=C1C2C3C=CC(O3)C2C(=O)N1OS(=O)(=O)C(F)(F)C(F)(F)C1CC2CC1C1C3CC(CC3O)C21. The molecule has 4 saturated carbocycles.